The van der Waals surface area contributed by atoms with Gasteiger partial charge in [0.05, 0.1) is 6.10 Å². The summed E-state index contributed by atoms with van der Waals surface area (Å²) in [5, 5.41) is 3.63. The highest BCUT2D eigenvalue weighted by Crippen LogP contribution is 2.11. The van der Waals surface area contributed by atoms with Gasteiger partial charge in [-0.3, -0.25) is 0 Å². The van der Waals surface area contributed by atoms with Gasteiger partial charge in [0.25, 0.3) is 0 Å². The smallest absolute Gasteiger partial charge is 0.108 e. The summed E-state index contributed by atoms with van der Waals surface area (Å²) >= 11 is 0. The molecular formula is C15H29N3O. The van der Waals surface area contributed by atoms with Crippen LogP contribution in [0.1, 0.15) is 45.9 Å². The topological polar surface area (TPSA) is 39.1 Å². The number of aryl methyl sites for hydroxylation is 2. The van der Waals surface area contributed by atoms with Gasteiger partial charge in [0, 0.05) is 38.5 Å². The zero-order valence-corrected chi connectivity index (χ0v) is 12.9. The van der Waals surface area contributed by atoms with Crippen LogP contribution in [0.4, 0.5) is 0 Å². The van der Waals surface area contributed by atoms with Crippen molar-refractivity contribution < 1.29 is 4.74 Å². The molecule has 0 aromatic carbocycles. The maximum Gasteiger partial charge on any atom is 0.108 e. The second-order valence-corrected chi connectivity index (χ2v) is 4.96. The van der Waals surface area contributed by atoms with Crippen LogP contribution in [0.5, 0.6) is 0 Å². The third-order valence-electron chi connectivity index (χ3n) is 3.49. The second-order valence-electron chi connectivity index (χ2n) is 4.96. The van der Waals surface area contributed by atoms with Crippen molar-refractivity contribution in [2.75, 3.05) is 13.2 Å². The zero-order chi connectivity index (χ0) is 14.1. The van der Waals surface area contributed by atoms with Gasteiger partial charge >= 0.3 is 0 Å². The summed E-state index contributed by atoms with van der Waals surface area (Å²) in [5.41, 5.74) is 0. The van der Waals surface area contributed by atoms with Gasteiger partial charge in [-0.1, -0.05) is 13.8 Å². The average Bonchev–Trinajstić information content (AvgIpc) is 2.82. The first-order valence-electron chi connectivity index (χ1n) is 7.54. The minimum absolute atomic E-state index is 0.303. The first-order valence-corrected chi connectivity index (χ1v) is 7.54. The van der Waals surface area contributed by atoms with Crippen molar-refractivity contribution in [2.45, 2.75) is 58.6 Å². The summed E-state index contributed by atoms with van der Waals surface area (Å²) < 4.78 is 7.96. The monoisotopic (exact) mass is 267 g/mol. The number of nitrogens with one attached hydrogen (secondary N) is 1. The van der Waals surface area contributed by atoms with Crippen molar-refractivity contribution in [3.05, 3.63) is 18.2 Å². The molecule has 0 aliphatic rings. The van der Waals surface area contributed by atoms with E-state index in [0.29, 0.717) is 12.1 Å². The van der Waals surface area contributed by atoms with E-state index >= 15 is 0 Å². The van der Waals surface area contributed by atoms with Crippen LogP contribution in [0.15, 0.2) is 12.4 Å². The normalized spacial score (nSPS) is 14.5. The molecule has 2 atom stereocenters. The highest BCUT2D eigenvalue weighted by molar-refractivity contribution is 4.93. The van der Waals surface area contributed by atoms with Gasteiger partial charge in [-0.15, -0.1) is 0 Å². The fourth-order valence-electron chi connectivity index (χ4n) is 2.40. The Balaban J connectivity index is 2.55. The summed E-state index contributed by atoms with van der Waals surface area (Å²) in [7, 11) is 2.05. The molecule has 0 saturated carbocycles. The van der Waals surface area contributed by atoms with Crippen molar-refractivity contribution in [2.24, 2.45) is 7.05 Å². The van der Waals surface area contributed by atoms with Gasteiger partial charge in [-0.25, -0.2) is 4.98 Å². The summed E-state index contributed by atoms with van der Waals surface area (Å²) in [6, 6.07) is 0.418. The molecule has 1 rings (SSSR count). The minimum Gasteiger partial charge on any atom is -0.377 e. The number of ether oxygens (including phenoxy) is 1. The quantitative estimate of drug-likeness (QED) is 0.708. The molecule has 0 spiro atoms. The SMILES string of the molecule is CCCNC(CCc1nccn1C)C(CC)OCC. The molecule has 0 bridgehead atoms. The molecule has 4 nitrogen and oxygen atoms in total. The standard InChI is InChI=1S/C15H29N3O/c1-5-10-16-13(14(6-2)19-7-3)8-9-15-17-11-12-18(15)4/h11-14,16H,5-10H2,1-4H3. The van der Waals surface area contributed by atoms with Crippen molar-refractivity contribution in [1.82, 2.24) is 14.9 Å². The molecule has 1 heterocycles. The van der Waals surface area contributed by atoms with Crippen molar-refractivity contribution >= 4 is 0 Å². The van der Waals surface area contributed by atoms with Crippen molar-refractivity contribution in [3.8, 4) is 0 Å². The van der Waals surface area contributed by atoms with Gasteiger partial charge in [0.15, 0.2) is 0 Å². The predicted octanol–water partition coefficient (Wildman–Crippen LogP) is 2.54. The minimum atomic E-state index is 0.303. The molecule has 0 radical (unpaired) electrons. The van der Waals surface area contributed by atoms with Crippen LogP contribution in [0.2, 0.25) is 0 Å². The fourth-order valence-corrected chi connectivity index (χ4v) is 2.40. The Labute approximate surface area is 117 Å². The first-order chi connectivity index (χ1) is 9.22. The van der Waals surface area contributed by atoms with Crippen molar-refractivity contribution in [1.29, 1.82) is 0 Å². The molecule has 4 heteroatoms. The van der Waals surface area contributed by atoms with E-state index < -0.39 is 0 Å². The van der Waals surface area contributed by atoms with Crippen LogP contribution in [0.25, 0.3) is 0 Å². The van der Waals surface area contributed by atoms with Gasteiger partial charge in [0.2, 0.25) is 0 Å². The van der Waals surface area contributed by atoms with Crippen LogP contribution in [-0.2, 0) is 18.2 Å². The molecule has 1 N–H and O–H groups in total. The lowest BCUT2D eigenvalue weighted by Crippen LogP contribution is -2.42. The van der Waals surface area contributed by atoms with Gasteiger partial charge < -0.3 is 14.6 Å². The Bertz CT molecular complexity index is 338. The predicted molar refractivity (Wildman–Crippen MR) is 79.3 cm³/mol. The Morgan fingerprint density at radius 2 is 2.16 bits per heavy atom. The number of imidazole rings is 1. The Kier molecular flexibility index (Phi) is 7.75. The van der Waals surface area contributed by atoms with E-state index in [4.69, 9.17) is 4.74 Å². The van der Waals surface area contributed by atoms with Crippen molar-refractivity contribution in [3.63, 3.8) is 0 Å². The molecule has 0 aliphatic heterocycles. The number of hydrogen-bond donors (Lipinski definition) is 1. The molecule has 0 amide bonds. The molecule has 1 aromatic rings. The van der Waals surface area contributed by atoms with E-state index in [1.165, 1.54) is 0 Å². The highest BCUT2D eigenvalue weighted by Gasteiger charge is 2.20. The summed E-state index contributed by atoms with van der Waals surface area (Å²) in [6.45, 7) is 8.30. The first kappa shape index (κ1) is 16.2. The third kappa shape index (κ3) is 5.33. The third-order valence-corrected chi connectivity index (χ3v) is 3.49. The van der Waals surface area contributed by atoms with E-state index in [9.17, 15) is 0 Å². The van der Waals surface area contributed by atoms with E-state index in [1.54, 1.807) is 0 Å². The van der Waals surface area contributed by atoms with Crippen LogP contribution in [0.3, 0.4) is 0 Å². The zero-order valence-electron chi connectivity index (χ0n) is 12.9. The van der Waals surface area contributed by atoms with Crippen LogP contribution >= 0.6 is 0 Å². The van der Waals surface area contributed by atoms with Crippen LogP contribution in [0, 0.1) is 0 Å². The summed E-state index contributed by atoms with van der Waals surface area (Å²) in [4.78, 5) is 4.39. The number of hydrogen-bond acceptors (Lipinski definition) is 3. The van der Waals surface area contributed by atoms with Crippen LogP contribution < -0.4 is 5.32 Å². The number of aromatic nitrogens is 2. The highest BCUT2D eigenvalue weighted by atomic mass is 16.5. The number of rotatable bonds is 10. The molecule has 0 saturated heterocycles. The Hall–Kier alpha value is -0.870. The molecule has 0 aliphatic carbocycles. The van der Waals surface area contributed by atoms with E-state index in [1.807, 2.05) is 12.4 Å². The lowest BCUT2D eigenvalue weighted by Gasteiger charge is -2.27. The lowest BCUT2D eigenvalue weighted by atomic mass is 10.0. The molecule has 1 aromatic heterocycles. The molecule has 2 unspecified atom stereocenters. The van der Waals surface area contributed by atoms with Gasteiger partial charge in [0.1, 0.15) is 5.82 Å². The van der Waals surface area contributed by atoms with E-state index in [0.717, 1.165) is 44.7 Å². The van der Waals surface area contributed by atoms with Gasteiger partial charge in [-0.2, -0.15) is 0 Å². The summed E-state index contributed by atoms with van der Waals surface area (Å²) in [5.74, 6) is 1.15. The van der Waals surface area contributed by atoms with Gasteiger partial charge in [-0.05, 0) is 32.7 Å². The number of nitrogens with zero attached hydrogens (tertiary/aromatic N) is 2. The fraction of sp³-hybridized carbons (Fsp3) is 0.800. The molecule has 0 fully saturated rings. The summed E-state index contributed by atoms with van der Waals surface area (Å²) in [6.07, 6.45) is 8.44. The maximum atomic E-state index is 5.86. The largest absolute Gasteiger partial charge is 0.377 e. The Morgan fingerprint density at radius 1 is 1.37 bits per heavy atom. The van der Waals surface area contributed by atoms with E-state index in [2.05, 4.69) is 42.7 Å². The Morgan fingerprint density at radius 3 is 2.68 bits per heavy atom. The second kappa shape index (κ2) is 9.10. The molecule has 110 valence electrons. The molecular weight excluding hydrogens is 238 g/mol. The maximum absolute atomic E-state index is 5.86. The van der Waals surface area contributed by atoms with Crippen LogP contribution in [-0.4, -0.2) is 34.8 Å². The lowest BCUT2D eigenvalue weighted by molar-refractivity contribution is 0.0296. The molecule has 19 heavy (non-hydrogen) atoms. The average molecular weight is 267 g/mol. The van der Waals surface area contributed by atoms with E-state index in [-0.39, 0.29) is 0 Å².